The Balaban J connectivity index is 2.00. The molecule has 0 N–H and O–H groups in total. The highest BCUT2D eigenvalue weighted by Crippen LogP contribution is 2.30. The Kier molecular flexibility index (Phi) is 4.50. The number of cyclic esters (lactones) is 1. The van der Waals surface area contributed by atoms with Crippen LogP contribution in [0.2, 0.25) is 10.2 Å². The molecule has 7 heteroatoms. The van der Waals surface area contributed by atoms with Gasteiger partial charge in [0.05, 0.1) is 16.4 Å². The van der Waals surface area contributed by atoms with Crippen molar-refractivity contribution < 1.29 is 13.9 Å². The highest BCUT2D eigenvalue weighted by Gasteiger charge is 2.23. The molecular weight excluding hydrogens is 342 g/mol. The normalized spacial score (nSPS) is 13.7. The second kappa shape index (κ2) is 6.56. The van der Waals surface area contributed by atoms with Crippen molar-refractivity contribution in [3.8, 4) is 0 Å². The molecule has 1 aromatic heterocycles. The highest BCUT2D eigenvalue weighted by atomic mass is 35.5. The fourth-order valence-electron chi connectivity index (χ4n) is 2.25. The number of anilines is 1. The average molecular weight is 353 g/mol. The number of esters is 1. The predicted molar refractivity (Wildman–Crippen MR) is 85.9 cm³/mol. The first-order valence-electron chi connectivity index (χ1n) is 6.74. The third-order valence-electron chi connectivity index (χ3n) is 3.34. The highest BCUT2D eigenvalue weighted by molar-refractivity contribution is 6.31. The maximum atomic E-state index is 14.4. The van der Waals surface area contributed by atoms with E-state index in [9.17, 15) is 9.18 Å². The van der Waals surface area contributed by atoms with E-state index in [1.807, 2.05) is 0 Å². The van der Waals surface area contributed by atoms with Gasteiger partial charge >= 0.3 is 5.97 Å². The number of hydrogen-bond donors (Lipinski definition) is 0. The second-order valence-corrected chi connectivity index (χ2v) is 5.69. The Morgan fingerprint density at radius 1 is 1.26 bits per heavy atom. The van der Waals surface area contributed by atoms with Crippen molar-refractivity contribution in [3.63, 3.8) is 0 Å². The van der Waals surface area contributed by atoms with E-state index in [-0.39, 0.29) is 17.3 Å². The van der Waals surface area contributed by atoms with E-state index in [1.54, 1.807) is 35.4 Å². The summed E-state index contributed by atoms with van der Waals surface area (Å²) in [5.41, 5.74) is 1.61. The van der Waals surface area contributed by atoms with Gasteiger partial charge in [-0.15, -0.1) is 0 Å². The Morgan fingerprint density at radius 3 is 2.74 bits per heavy atom. The zero-order chi connectivity index (χ0) is 16.4. The number of benzene rings is 1. The fraction of sp³-hybridized carbons (Fsp3) is 0.125. The first kappa shape index (κ1) is 15.8. The standard InChI is InChI=1S/C16H11Cl2FN2O2/c17-12-2-1-3-13(16(12)19)21(11-6-15(22)23-9-11)8-10-4-5-14(18)20-7-10/h1-7H,8-9H2. The molecule has 1 aromatic carbocycles. The summed E-state index contributed by atoms with van der Waals surface area (Å²) in [5.74, 6) is -1.02. The van der Waals surface area contributed by atoms with Gasteiger partial charge in [0.2, 0.25) is 0 Å². The predicted octanol–water partition coefficient (Wildman–Crippen LogP) is 3.97. The van der Waals surface area contributed by atoms with Crippen molar-refractivity contribution >= 4 is 34.9 Å². The summed E-state index contributed by atoms with van der Waals surface area (Å²) in [6.45, 7) is 0.371. The van der Waals surface area contributed by atoms with Crippen LogP contribution in [0, 0.1) is 5.82 Å². The number of rotatable bonds is 4. The van der Waals surface area contributed by atoms with Crippen LogP contribution in [-0.4, -0.2) is 17.6 Å². The van der Waals surface area contributed by atoms with E-state index in [4.69, 9.17) is 27.9 Å². The van der Waals surface area contributed by atoms with Gasteiger partial charge in [-0.25, -0.2) is 14.2 Å². The van der Waals surface area contributed by atoms with Gasteiger partial charge in [-0.05, 0) is 23.8 Å². The molecule has 1 aliphatic rings. The van der Waals surface area contributed by atoms with Gasteiger partial charge < -0.3 is 9.64 Å². The van der Waals surface area contributed by atoms with Crippen LogP contribution in [0.3, 0.4) is 0 Å². The van der Waals surface area contributed by atoms with Gasteiger partial charge in [-0.1, -0.05) is 35.3 Å². The number of aromatic nitrogens is 1. The quantitative estimate of drug-likeness (QED) is 0.616. The van der Waals surface area contributed by atoms with Crippen LogP contribution in [0.15, 0.2) is 48.3 Å². The summed E-state index contributed by atoms with van der Waals surface area (Å²) >= 11 is 11.6. The van der Waals surface area contributed by atoms with Crippen LogP contribution in [0.25, 0.3) is 0 Å². The summed E-state index contributed by atoms with van der Waals surface area (Å²) in [6, 6.07) is 8.13. The molecule has 0 amide bonds. The van der Waals surface area contributed by atoms with E-state index in [2.05, 4.69) is 4.98 Å². The minimum Gasteiger partial charge on any atom is -0.456 e. The first-order valence-corrected chi connectivity index (χ1v) is 7.49. The fourth-order valence-corrected chi connectivity index (χ4v) is 2.53. The van der Waals surface area contributed by atoms with Crippen molar-refractivity contribution in [2.24, 2.45) is 0 Å². The Morgan fingerprint density at radius 2 is 2.09 bits per heavy atom. The largest absolute Gasteiger partial charge is 0.456 e. The van der Waals surface area contributed by atoms with Crippen LogP contribution in [0.4, 0.5) is 10.1 Å². The van der Waals surface area contributed by atoms with Gasteiger partial charge in [-0.3, -0.25) is 0 Å². The molecule has 23 heavy (non-hydrogen) atoms. The smallest absolute Gasteiger partial charge is 0.333 e. The SMILES string of the molecule is O=C1C=C(N(Cc2ccc(Cl)nc2)c2cccc(Cl)c2F)CO1. The average Bonchev–Trinajstić information content (AvgIpc) is 2.96. The van der Waals surface area contributed by atoms with Crippen LogP contribution >= 0.6 is 23.2 Å². The third-order valence-corrected chi connectivity index (χ3v) is 3.86. The van der Waals surface area contributed by atoms with Gasteiger partial charge in [-0.2, -0.15) is 0 Å². The van der Waals surface area contributed by atoms with E-state index in [0.717, 1.165) is 5.56 Å². The Bertz CT molecular complexity index is 778. The molecule has 1 aliphatic heterocycles. The first-order chi connectivity index (χ1) is 11.0. The summed E-state index contributed by atoms with van der Waals surface area (Å²) in [4.78, 5) is 17.0. The number of hydrogen-bond acceptors (Lipinski definition) is 4. The Labute approximate surface area is 142 Å². The van der Waals surface area contributed by atoms with Crippen LogP contribution < -0.4 is 4.90 Å². The molecule has 0 saturated heterocycles. The van der Waals surface area contributed by atoms with E-state index < -0.39 is 11.8 Å². The topological polar surface area (TPSA) is 42.4 Å². The number of carbonyl (C=O) groups is 1. The third kappa shape index (κ3) is 3.46. The lowest BCUT2D eigenvalue weighted by Gasteiger charge is -2.25. The van der Waals surface area contributed by atoms with Crippen LogP contribution in [0.5, 0.6) is 0 Å². The van der Waals surface area contributed by atoms with Crippen molar-refractivity contribution in [2.75, 3.05) is 11.5 Å². The zero-order valence-corrected chi connectivity index (χ0v) is 13.3. The molecule has 0 spiro atoms. The number of carbonyl (C=O) groups excluding carboxylic acids is 1. The lowest BCUT2D eigenvalue weighted by Crippen LogP contribution is -2.24. The monoisotopic (exact) mass is 352 g/mol. The molecule has 0 unspecified atom stereocenters. The van der Waals surface area contributed by atoms with Gasteiger partial charge in [0, 0.05) is 18.8 Å². The van der Waals surface area contributed by atoms with Crippen molar-refractivity contribution in [1.29, 1.82) is 0 Å². The van der Waals surface area contributed by atoms with Crippen molar-refractivity contribution in [2.45, 2.75) is 6.54 Å². The zero-order valence-electron chi connectivity index (χ0n) is 11.8. The molecule has 2 heterocycles. The molecule has 0 saturated carbocycles. The minimum atomic E-state index is -0.559. The number of halogens is 3. The minimum absolute atomic E-state index is 0.00701. The molecule has 118 valence electrons. The molecule has 2 aromatic rings. The molecule has 0 fully saturated rings. The molecule has 0 bridgehead atoms. The molecule has 3 rings (SSSR count). The lowest BCUT2D eigenvalue weighted by atomic mass is 10.2. The molecule has 0 aliphatic carbocycles. The molecule has 4 nitrogen and oxygen atoms in total. The van der Waals surface area contributed by atoms with E-state index in [0.29, 0.717) is 17.4 Å². The summed E-state index contributed by atoms with van der Waals surface area (Å²) in [5, 5.41) is 0.375. The van der Waals surface area contributed by atoms with Crippen LogP contribution in [-0.2, 0) is 16.1 Å². The molecule has 0 radical (unpaired) electrons. The van der Waals surface area contributed by atoms with Crippen molar-refractivity contribution in [1.82, 2.24) is 4.98 Å². The summed E-state index contributed by atoms with van der Waals surface area (Å²) in [6.07, 6.45) is 2.93. The molecular formula is C16H11Cl2FN2O2. The van der Waals surface area contributed by atoms with Gasteiger partial charge in [0.15, 0.2) is 5.82 Å². The van der Waals surface area contributed by atoms with Crippen LogP contribution in [0.1, 0.15) is 5.56 Å². The maximum absolute atomic E-state index is 14.4. The summed E-state index contributed by atoms with van der Waals surface area (Å²) in [7, 11) is 0. The number of nitrogens with zero attached hydrogens (tertiary/aromatic N) is 2. The second-order valence-electron chi connectivity index (χ2n) is 4.89. The van der Waals surface area contributed by atoms with E-state index in [1.165, 1.54) is 12.1 Å². The van der Waals surface area contributed by atoms with Crippen molar-refractivity contribution in [3.05, 3.63) is 69.9 Å². The number of ether oxygens (including phenoxy) is 1. The lowest BCUT2D eigenvalue weighted by molar-refractivity contribution is -0.134. The summed E-state index contributed by atoms with van der Waals surface area (Å²) < 4.78 is 19.3. The molecule has 0 atom stereocenters. The number of pyridine rings is 1. The van der Waals surface area contributed by atoms with Gasteiger partial charge in [0.1, 0.15) is 11.8 Å². The maximum Gasteiger partial charge on any atom is 0.333 e. The van der Waals surface area contributed by atoms with Gasteiger partial charge in [0.25, 0.3) is 0 Å². The van der Waals surface area contributed by atoms with E-state index >= 15 is 0 Å². The Hall–Kier alpha value is -2.11.